The molecule has 0 aromatic rings. The van der Waals surface area contributed by atoms with Crippen LogP contribution in [0, 0.1) is 11.8 Å². The summed E-state index contributed by atoms with van der Waals surface area (Å²) in [6, 6.07) is 0. The van der Waals surface area contributed by atoms with Gasteiger partial charge in [0.05, 0.1) is 13.1 Å². The van der Waals surface area contributed by atoms with Crippen molar-refractivity contribution < 1.29 is 9.47 Å². The Labute approximate surface area is 194 Å². The normalized spacial score (nSPS) is 27.0. The highest BCUT2D eigenvalue weighted by Crippen LogP contribution is 2.56. The molecule has 2 heterocycles. The van der Waals surface area contributed by atoms with Crippen molar-refractivity contribution >= 4 is 23.6 Å². The van der Waals surface area contributed by atoms with E-state index in [2.05, 4.69) is 25.6 Å². The van der Waals surface area contributed by atoms with Crippen molar-refractivity contribution in [3.05, 3.63) is 0 Å². The van der Waals surface area contributed by atoms with Crippen LogP contribution in [-0.2, 0) is 9.47 Å². The topological polar surface area (TPSA) is 43.2 Å². The first-order valence-corrected chi connectivity index (χ1v) is 14.0. The highest BCUT2D eigenvalue weighted by Gasteiger charge is 2.46. The quantitative estimate of drug-likeness (QED) is 0.368. The summed E-state index contributed by atoms with van der Waals surface area (Å²) in [7, 11) is 0. The van der Waals surface area contributed by atoms with Crippen LogP contribution in [0.4, 0.5) is 0 Å². The summed E-state index contributed by atoms with van der Waals surface area (Å²) in [4.78, 5) is 9.47. The van der Waals surface area contributed by atoms with E-state index in [0.29, 0.717) is 21.3 Å². The maximum absolute atomic E-state index is 5.97. The molecule has 0 spiro atoms. The first-order chi connectivity index (χ1) is 15.2. The maximum Gasteiger partial charge on any atom is 0.186 e. The van der Waals surface area contributed by atoms with Gasteiger partial charge in [0.1, 0.15) is 13.2 Å². The van der Waals surface area contributed by atoms with E-state index in [9.17, 15) is 0 Å². The van der Waals surface area contributed by atoms with Gasteiger partial charge in [0.15, 0.2) is 11.8 Å². The van der Waals surface area contributed by atoms with Gasteiger partial charge in [-0.1, -0.05) is 52.4 Å². The summed E-state index contributed by atoms with van der Waals surface area (Å²) in [5.74, 6) is 3.12. The fourth-order valence-corrected chi connectivity index (χ4v) is 8.93. The van der Waals surface area contributed by atoms with E-state index in [-0.39, 0.29) is 0 Å². The second-order valence-electron chi connectivity index (χ2n) is 10.3. The van der Waals surface area contributed by atoms with E-state index >= 15 is 0 Å². The number of rotatable bonds is 10. The Kier molecular flexibility index (Phi) is 8.27. The van der Waals surface area contributed by atoms with Crippen LogP contribution in [0.5, 0.6) is 0 Å². The van der Waals surface area contributed by atoms with E-state index in [1.807, 2.05) is 0 Å². The van der Waals surface area contributed by atoms with E-state index in [4.69, 9.17) is 19.5 Å². The van der Waals surface area contributed by atoms with E-state index in [1.165, 1.54) is 77.0 Å². The lowest BCUT2D eigenvalue weighted by molar-refractivity contribution is 0.278. The molecule has 0 radical (unpaired) electrons. The van der Waals surface area contributed by atoms with Gasteiger partial charge in [0.25, 0.3) is 0 Å². The van der Waals surface area contributed by atoms with Crippen molar-refractivity contribution in [2.24, 2.45) is 21.8 Å². The Morgan fingerprint density at radius 2 is 1.13 bits per heavy atom. The minimum absolute atomic E-state index is 0.390. The zero-order valence-electron chi connectivity index (χ0n) is 20.0. The predicted molar refractivity (Wildman–Crippen MR) is 133 cm³/mol. The number of ether oxygens (including phenoxy) is 2. The fraction of sp³-hybridized carbons (Fsp3) is 0.923. The number of hydrogen-bond acceptors (Lipinski definition) is 5. The molecule has 0 aromatic heterocycles. The lowest BCUT2D eigenvalue weighted by atomic mass is 9.80. The average molecular weight is 449 g/mol. The van der Waals surface area contributed by atoms with Crippen molar-refractivity contribution in [2.45, 2.75) is 113 Å². The lowest BCUT2D eigenvalue weighted by Crippen LogP contribution is -2.42. The van der Waals surface area contributed by atoms with Gasteiger partial charge in [0, 0.05) is 21.3 Å². The number of aliphatic imine (C=N–C) groups is 2. The highest BCUT2D eigenvalue weighted by molar-refractivity contribution is 8.02. The van der Waals surface area contributed by atoms with Gasteiger partial charge in [-0.3, -0.25) is 9.98 Å². The first-order valence-electron chi connectivity index (χ1n) is 13.2. The molecule has 176 valence electrons. The average Bonchev–Trinajstić information content (AvgIpc) is 3.52. The summed E-state index contributed by atoms with van der Waals surface area (Å²) in [5, 5.41) is 0. The molecule has 4 aliphatic rings. The third kappa shape index (κ3) is 5.81. The van der Waals surface area contributed by atoms with E-state index in [1.54, 1.807) is 0 Å². The Morgan fingerprint density at radius 3 is 1.45 bits per heavy atom. The van der Waals surface area contributed by atoms with Gasteiger partial charge >= 0.3 is 0 Å². The van der Waals surface area contributed by atoms with E-state index in [0.717, 1.165) is 50.9 Å². The van der Waals surface area contributed by atoms with Crippen LogP contribution >= 0.6 is 11.8 Å². The van der Waals surface area contributed by atoms with Crippen LogP contribution in [0.25, 0.3) is 0 Å². The molecular weight excluding hydrogens is 404 g/mol. The smallest absolute Gasteiger partial charge is 0.186 e. The largest absolute Gasteiger partial charge is 0.479 e. The van der Waals surface area contributed by atoms with Gasteiger partial charge in [0.2, 0.25) is 0 Å². The van der Waals surface area contributed by atoms with Crippen LogP contribution in [0.1, 0.15) is 104 Å². The highest BCUT2D eigenvalue weighted by atomic mass is 32.2. The zero-order valence-corrected chi connectivity index (χ0v) is 20.8. The SMILES string of the molecule is CCC(CC1(SC2(CC(CC)C3=NCCO3)CCCCC2)CCCCC1)C1=NCCO1. The Hall–Kier alpha value is -0.710. The van der Waals surface area contributed by atoms with E-state index < -0.39 is 0 Å². The van der Waals surface area contributed by atoms with Crippen LogP contribution in [0.3, 0.4) is 0 Å². The summed E-state index contributed by atoms with van der Waals surface area (Å²) < 4.78 is 12.7. The summed E-state index contributed by atoms with van der Waals surface area (Å²) in [6.45, 7) is 7.95. The maximum atomic E-state index is 5.97. The molecule has 0 bridgehead atoms. The third-order valence-corrected chi connectivity index (χ3v) is 10.1. The molecule has 4 rings (SSSR count). The van der Waals surface area contributed by atoms with Crippen molar-refractivity contribution in [3.63, 3.8) is 0 Å². The third-order valence-electron chi connectivity index (χ3n) is 8.10. The molecule has 0 aromatic carbocycles. The number of nitrogens with zero attached hydrogens (tertiary/aromatic N) is 2. The second-order valence-corrected chi connectivity index (χ2v) is 12.3. The minimum Gasteiger partial charge on any atom is -0.479 e. The summed E-state index contributed by atoms with van der Waals surface area (Å²) >= 11 is 2.42. The van der Waals surface area contributed by atoms with Crippen LogP contribution in [0.15, 0.2) is 9.98 Å². The molecule has 2 atom stereocenters. The predicted octanol–water partition coefficient (Wildman–Crippen LogP) is 6.82. The molecule has 2 unspecified atom stereocenters. The van der Waals surface area contributed by atoms with Gasteiger partial charge in [-0.05, 0) is 51.4 Å². The van der Waals surface area contributed by atoms with Crippen molar-refractivity contribution in [3.8, 4) is 0 Å². The molecule has 2 saturated carbocycles. The molecule has 31 heavy (non-hydrogen) atoms. The molecule has 5 heteroatoms. The molecule has 4 nitrogen and oxygen atoms in total. The molecule has 2 fully saturated rings. The molecular formula is C26H44N2O2S. The van der Waals surface area contributed by atoms with Crippen LogP contribution < -0.4 is 0 Å². The zero-order chi connectivity index (χ0) is 21.6. The van der Waals surface area contributed by atoms with Crippen LogP contribution in [-0.4, -0.2) is 47.6 Å². The van der Waals surface area contributed by atoms with Gasteiger partial charge in [-0.25, -0.2) is 0 Å². The van der Waals surface area contributed by atoms with Crippen molar-refractivity contribution in [2.75, 3.05) is 26.3 Å². The number of hydrogen-bond donors (Lipinski definition) is 0. The Balaban J connectivity index is 1.55. The second kappa shape index (κ2) is 10.9. The number of thioether (sulfide) groups is 1. The molecule has 2 aliphatic heterocycles. The van der Waals surface area contributed by atoms with Crippen LogP contribution in [0.2, 0.25) is 0 Å². The van der Waals surface area contributed by atoms with Crippen molar-refractivity contribution in [1.82, 2.24) is 0 Å². The molecule has 0 saturated heterocycles. The van der Waals surface area contributed by atoms with Gasteiger partial charge in [-0.2, -0.15) is 0 Å². The molecule has 0 amide bonds. The fourth-order valence-electron chi connectivity index (χ4n) is 6.46. The Morgan fingerprint density at radius 1 is 0.710 bits per heavy atom. The van der Waals surface area contributed by atoms with Gasteiger partial charge in [-0.15, -0.1) is 11.8 Å². The minimum atomic E-state index is 0.390. The standard InChI is InChI=1S/C26H44N2O2S/c1-3-21(23-27-15-17-29-23)19-25(11-7-5-8-12-25)31-26(13-9-6-10-14-26)20-22(4-2)24-28-16-18-30-24/h21-22H,3-20H2,1-2H3. The first kappa shape index (κ1) is 23.4. The lowest BCUT2D eigenvalue weighted by Gasteiger charge is -2.49. The molecule has 0 N–H and O–H groups in total. The summed E-state index contributed by atoms with van der Waals surface area (Å²) in [5.41, 5.74) is 0. The van der Waals surface area contributed by atoms with Crippen molar-refractivity contribution in [1.29, 1.82) is 0 Å². The van der Waals surface area contributed by atoms with Gasteiger partial charge < -0.3 is 9.47 Å². The monoisotopic (exact) mass is 448 g/mol. The summed E-state index contributed by atoms with van der Waals surface area (Å²) in [6.07, 6.45) is 18.7. The molecule has 2 aliphatic carbocycles. The Bertz CT molecular complexity index is 581.